The maximum absolute atomic E-state index is 11.8. The van der Waals surface area contributed by atoms with E-state index in [2.05, 4.69) is 0 Å². The molecule has 0 saturated heterocycles. The van der Waals surface area contributed by atoms with E-state index in [1.165, 1.54) is 0 Å². The molecule has 6 heteroatoms. The molecule has 0 aromatic heterocycles. The molecule has 1 N–H and O–H groups in total. The summed E-state index contributed by atoms with van der Waals surface area (Å²) in [5.74, 6) is -0.342. The predicted octanol–water partition coefficient (Wildman–Crippen LogP) is 2.36. The topological polar surface area (TPSA) is 38.3 Å². The highest BCUT2D eigenvalue weighted by Crippen LogP contribution is 2.16. The SMILES string of the molecule is Cc1ccc(OCC(=O)NCC(F)(F)F)cc1C. The van der Waals surface area contributed by atoms with Gasteiger partial charge in [-0.25, -0.2) is 0 Å². The van der Waals surface area contributed by atoms with Gasteiger partial charge in [0.05, 0.1) is 0 Å². The fraction of sp³-hybridized carbons (Fsp3) is 0.417. The summed E-state index contributed by atoms with van der Waals surface area (Å²) in [5, 5.41) is 1.73. The molecule has 3 nitrogen and oxygen atoms in total. The second kappa shape index (κ2) is 5.75. The van der Waals surface area contributed by atoms with Crippen molar-refractivity contribution in [2.45, 2.75) is 20.0 Å². The zero-order valence-corrected chi connectivity index (χ0v) is 10.1. The van der Waals surface area contributed by atoms with Crippen molar-refractivity contribution in [1.82, 2.24) is 5.32 Å². The van der Waals surface area contributed by atoms with E-state index < -0.39 is 25.2 Å². The van der Waals surface area contributed by atoms with E-state index in [-0.39, 0.29) is 0 Å². The van der Waals surface area contributed by atoms with Gasteiger partial charge in [-0.15, -0.1) is 0 Å². The van der Waals surface area contributed by atoms with E-state index in [0.717, 1.165) is 11.1 Å². The summed E-state index contributed by atoms with van der Waals surface area (Å²) in [6.07, 6.45) is -4.41. The van der Waals surface area contributed by atoms with Crippen LogP contribution in [0.15, 0.2) is 18.2 Å². The Hall–Kier alpha value is -1.72. The van der Waals surface area contributed by atoms with Crippen molar-refractivity contribution in [3.05, 3.63) is 29.3 Å². The van der Waals surface area contributed by atoms with Crippen LogP contribution in [0.4, 0.5) is 13.2 Å². The number of aryl methyl sites for hydroxylation is 2. The van der Waals surface area contributed by atoms with Crippen LogP contribution < -0.4 is 10.1 Å². The minimum atomic E-state index is -4.41. The number of hydrogen-bond donors (Lipinski definition) is 1. The lowest BCUT2D eigenvalue weighted by atomic mass is 10.1. The Labute approximate surface area is 103 Å². The zero-order chi connectivity index (χ0) is 13.8. The van der Waals surface area contributed by atoms with Crippen LogP contribution in [0.5, 0.6) is 5.75 Å². The highest BCUT2D eigenvalue weighted by atomic mass is 19.4. The van der Waals surface area contributed by atoms with E-state index in [1.54, 1.807) is 17.4 Å². The lowest BCUT2D eigenvalue weighted by molar-refractivity contribution is -0.139. The first kappa shape index (κ1) is 14.3. The molecule has 100 valence electrons. The average molecular weight is 261 g/mol. The minimum Gasteiger partial charge on any atom is -0.484 e. The second-order valence-electron chi connectivity index (χ2n) is 3.93. The standard InChI is InChI=1S/C12H14F3NO2/c1-8-3-4-10(5-9(8)2)18-6-11(17)16-7-12(13,14)15/h3-5H,6-7H2,1-2H3,(H,16,17). The highest BCUT2D eigenvalue weighted by Gasteiger charge is 2.27. The van der Waals surface area contributed by atoms with Gasteiger partial charge < -0.3 is 10.1 Å². The molecule has 0 fully saturated rings. The number of hydrogen-bond acceptors (Lipinski definition) is 2. The van der Waals surface area contributed by atoms with E-state index in [1.807, 2.05) is 19.9 Å². The lowest BCUT2D eigenvalue weighted by Crippen LogP contribution is -2.36. The van der Waals surface area contributed by atoms with E-state index >= 15 is 0 Å². The molecular formula is C12H14F3NO2. The summed E-state index contributed by atoms with van der Waals surface area (Å²) in [4.78, 5) is 11.1. The Morgan fingerprint density at radius 3 is 2.50 bits per heavy atom. The Kier molecular flexibility index (Phi) is 4.58. The number of carbonyl (C=O) groups is 1. The largest absolute Gasteiger partial charge is 0.484 e. The van der Waals surface area contributed by atoms with Crippen molar-refractivity contribution in [2.75, 3.05) is 13.2 Å². The maximum Gasteiger partial charge on any atom is 0.405 e. The van der Waals surface area contributed by atoms with Gasteiger partial charge >= 0.3 is 6.18 Å². The van der Waals surface area contributed by atoms with Crippen LogP contribution in [0.3, 0.4) is 0 Å². The molecular weight excluding hydrogens is 247 g/mol. The number of ether oxygens (including phenoxy) is 1. The van der Waals surface area contributed by atoms with Gasteiger partial charge in [0.15, 0.2) is 6.61 Å². The molecule has 1 aromatic rings. The first-order chi connectivity index (χ1) is 8.28. The third-order valence-electron chi connectivity index (χ3n) is 2.33. The van der Waals surface area contributed by atoms with Crippen molar-refractivity contribution in [1.29, 1.82) is 0 Å². The maximum atomic E-state index is 11.8. The van der Waals surface area contributed by atoms with Crippen LogP contribution in [-0.4, -0.2) is 25.2 Å². The number of benzene rings is 1. The number of alkyl halides is 3. The smallest absolute Gasteiger partial charge is 0.405 e. The third kappa shape index (κ3) is 5.07. The van der Waals surface area contributed by atoms with Gasteiger partial charge in [-0.05, 0) is 37.1 Å². The van der Waals surface area contributed by atoms with Gasteiger partial charge in [0.25, 0.3) is 5.91 Å². The fourth-order valence-electron chi connectivity index (χ4n) is 1.20. The van der Waals surface area contributed by atoms with Crippen molar-refractivity contribution >= 4 is 5.91 Å². The van der Waals surface area contributed by atoms with Crippen LogP contribution in [0.1, 0.15) is 11.1 Å². The zero-order valence-electron chi connectivity index (χ0n) is 10.1. The molecule has 0 unspecified atom stereocenters. The molecule has 0 spiro atoms. The molecule has 0 saturated carbocycles. The van der Waals surface area contributed by atoms with E-state index in [9.17, 15) is 18.0 Å². The van der Waals surface area contributed by atoms with Crippen molar-refractivity contribution < 1.29 is 22.7 Å². The molecule has 0 aliphatic heterocycles. The molecule has 0 heterocycles. The Balaban J connectivity index is 2.40. The van der Waals surface area contributed by atoms with Crippen LogP contribution in [0.25, 0.3) is 0 Å². The Morgan fingerprint density at radius 1 is 1.28 bits per heavy atom. The van der Waals surface area contributed by atoms with Gasteiger partial charge in [-0.3, -0.25) is 4.79 Å². The molecule has 18 heavy (non-hydrogen) atoms. The molecule has 0 atom stereocenters. The van der Waals surface area contributed by atoms with Crippen molar-refractivity contribution in [3.63, 3.8) is 0 Å². The summed E-state index contributed by atoms with van der Waals surface area (Å²) >= 11 is 0. The van der Waals surface area contributed by atoms with Crippen LogP contribution in [0.2, 0.25) is 0 Å². The molecule has 0 radical (unpaired) electrons. The lowest BCUT2D eigenvalue weighted by Gasteiger charge is -2.10. The third-order valence-corrected chi connectivity index (χ3v) is 2.33. The average Bonchev–Trinajstić information content (AvgIpc) is 2.27. The summed E-state index contributed by atoms with van der Waals surface area (Å²) in [6.45, 7) is 2.03. The van der Waals surface area contributed by atoms with Gasteiger partial charge in [-0.2, -0.15) is 13.2 Å². The van der Waals surface area contributed by atoms with Gasteiger partial charge in [0, 0.05) is 0 Å². The number of halogens is 3. The fourth-order valence-corrected chi connectivity index (χ4v) is 1.20. The van der Waals surface area contributed by atoms with Gasteiger partial charge in [-0.1, -0.05) is 6.07 Å². The number of amides is 1. The number of nitrogens with one attached hydrogen (secondary N) is 1. The number of rotatable bonds is 4. The van der Waals surface area contributed by atoms with Crippen LogP contribution in [0, 0.1) is 13.8 Å². The summed E-state index contributed by atoms with van der Waals surface area (Å²) < 4.78 is 40.6. The minimum absolute atomic E-state index is 0.432. The van der Waals surface area contributed by atoms with E-state index in [4.69, 9.17) is 4.74 Å². The van der Waals surface area contributed by atoms with Crippen LogP contribution in [-0.2, 0) is 4.79 Å². The quantitative estimate of drug-likeness (QED) is 0.903. The van der Waals surface area contributed by atoms with Crippen LogP contribution >= 0.6 is 0 Å². The normalized spacial score (nSPS) is 11.2. The summed E-state index contributed by atoms with van der Waals surface area (Å²) in [5.41, 5.74) is 2.06. The van der Waals surface area contributed by atoms with Gasteiger partial charge in [0.1, 0.15) is 12.3 Å². The summed E-state index contributed by atoms with van der Waals surface area (Å²) in [7, 11) is 0. The second-order valence-corrected chi connectivity index (χ2v) is 3.93. The summed E-state index contributed by atoms with van der Waals surface area (Å²) in [6, 6.07) is 5.21. The monoisotopic (exact) mass is 261 g/mol. The first-order valence-electron chi connectivity index (χ1n) is 5.31. The highest BCUT2D eigenvalue weighted by molar-refractivity contribution is 5.77. The van der Waals surface area contributed by atoms with E-state index in [0.29, 0.717) is 5.75 Å². The van der Waals surface area contributed by atoms with Crippen molar-refractivity contribution in [3.8, 4) is 5.75 Å². The Bertz CT molecular complexity index is 430. The van der Waals surface area contributed by atoms with Crippen molar-refractivity contribution in [2.24, 2.45) is 0 Å². The number of carbonyl (C=O) groups excluding carboxylic acids is 1. The first-order valence-corrected chi connectivity index (χ1v) is 5.31. The molecule has 1 aromatic carbocycles. The van der Waals surface area contributed by atoms with Gasteiger partial charge in [0.2, 0.25) is 0 Å². The predicted molar refractivity (Wildman–Crippen MR) is 60.5 cm³/mol. The molecule has 0 bridgehead atoms. The molecule has 1 rings (SSSR count). The molecule has 0 aliphatic rings. The Morgan fingerprint density at radius 2 is 1.94 bits per heavy atom. The molecule has 1 amide bonds. The molecule has 0 aliphatic carbocycles.